The highest BCUT2D eigenvalue weighted by Crippen LogP contribution is 2.40. The smallest absolute Gasteiger partial charge is 0.273 e. The van der Waals surface area contributed by atoms with Gasteiger partial charge in [0.15, 0.2) is 5.16 Å². The number of hydrogen-bond acceptors (Lipinski definition) is 4. The molecule has 3 atom stereocenters. The van der Waals surface area contributed by atoms with Gasteiger partial charge in [-0.3, -0.25) is 9.59 Å². The van der Waals surface area contributed by atoms with Crippen LogP contribution in [0.2, 0.25) is 0 Å². The van der Waals surface area contributed by atoms with Crippen LogP contribution in [-0.4, -0.2) is 26.8 Å². The third-order valence-electron chi connectivity index (χ3n) is 5.04. The van der Waals surface area contributed by atoms with Crippen molar-refractivity contribution in [2.75, 3.05) is 0 Å². The van der Waals surface area contributed by atoms with Crippen molar-refractivity contribution in [2.45, 2.75) is 67.4 Å². The fraction of sp³-hybridized carbons (Fsp3) is 0.688. The molecule has 3 fully saturated rings. The number of carbonyl (C=O) groups excluding carboxylic acids is 1. The van der Waals surface area contributed by atoms with Crippen LogP contribution in [-0.2, 0) is 4.79 Å². The molecule has 0 bridgehead atoms. The van der Waals surface area contributed by atoms with E-state index in [1.165, 1.54) is 37.1 Å². The van der Waals surface area contributed by atoms with Gasteiger partial charge in [-0.25, -0.2) is 0 Å². The summed E-state index contributed by atoms with van der Waals surface area (Å²) in [6.07, 6.45) is 9.84. The highest BCUT2D eigenvalue weighted by Gasteiger charge is 2.38. The van der Waals surface area contributed by atoms with Crippen molar-refractivity contribution in [1.29, 1.82) is 0 Å². The molecule has 1 saturated heterocycles. The zero-order valence-electron chi connectivity index (χ0n) is 12.5. The molecule has 1 aliphatic heterocycles. The van der Waals surface area contributed by atoms with Crippen molar-refractivity contribution in [3.05, 3.63) is 22.6 Å². The Balaban J connectivity index is 1.54. The highest BCUT2D eigenvalue weighted by molar-refractivity contribution is 8.00. The van der Waals surface area contributed by atoms with Gasteiger partial charge in [0.1, 0.15) is 0 Å². The first kappa shape index (κ1) is 14.3. The summed E-state index contributed by atoms with van der Waals surface area (Å²) in [5.74, 6) is 0.711. The van der Waals surface area contributed by atoms with Crippen LogP contribution >= 0.6 is 11.8 Å². The van der Waals surface area contributed by atoms with Gasteiger partial charge in [-0.2, -0.15) is 4.98 Å². The second-order valence-corrected chi connectivity index (χ2v) is 7.86. The van der Waals surface area contributed by atoms with E-state index in [1.54, 1.807) is 0 Å². The van der Waals surface area contributed by atoms with Crippen molar-refractivity contribution >= 4 is 17.7 Å². The second kappa shape index (κ2) is 5.72. The molecule has 1 amide bonds. The summed E-state index contributed by atoms with van der Waals surface area (Å²) in [6, 6.07) is 2.35. The maximum atomic E-state index is 12.4. The van der Waals surface area contributed by atoms with Gasteiger partial charge >= 0.3 is 0 Å². The summed E-state index contributed by atoms with van der Waals surface area (Å²) in [6.45, 7) is 0. The van der Waals surface area contributed by atoms with Crippen LogP contribution in [0.3, 0.4) is 0 Å². The Hall–Kier alpha value is -1.30. The van der Waals surface area contributed by atoms with E-state index in [0.717, 1.165) is 25.7 Å². The van der Waals surface area contributed by atoms with E-state index >= 15 is 0 Å². The predicted molar refractivity (Wildman–Crippen MR) is 84.9 cm³/mol. The molecule has 118 valence electrons. The number of thioether (sulfide) groups is 1. The molecule has 2 saturated carbocycles. The molecule has 5 nitrogen and oxygen atoms in total. The Morgan fingerprint density at radius 3 is 2.82 bits per heavy atom. The van der Waals surface area contributed by atoms with Crippen molar-refractivity contribution in [3.8, 4) is 0 Å². The molecule has 2 heterocycles. The minimum absolute atomic E-state index is 0.112. The molecule has 2 aliphatic carbocycles. The van der Waals surface area contributed by atoms with E-state index < -0.39 is 0 Å². The summed E-state index contributed by atoms with van der Waals surface area (Å²) in [5.41, 5.74) is -0.217. The van der Waals surface area contributed by atoms with Crippen LogP contribution in [0.25, 0.3) is 0 Å². The molecule has 0 spiro atoms. The summed E-state index contributed by atoms with van der Waals surface area (Å²) in [4.78, 5) is 28.1. The number of aromatic nitrogens is 2. The fourth-order valence-corrected chi connectivity index (χ4v) is 4.93. The van der Waals surface area contributed by atoms with Crippen molar-refractivity contribution in [1.82, 2.24) is 14.9 Å². The molecular formula is C16H21N3O2S. The molecule has 0 aromatic carbocycles. The second-order valence-electron chi connectivity index (χ2n) is 6.69. The van der Waals surface area contributed by atoms with Crippen LogP contribution in [0.1, 0.15) is 51.0 Å². The molecule has 3 aliphatic rings. The minimum Gasteiger partial charge on any atom is -0.352 e. The van der Waals surface area contributed by atoms with Gasteiger partial charge < -0.3 is 9.88 Å². The number of nitrogens with zero attached hydrogens (tertiary/aromatic N) is 2. The molecule has 1 N–H and O–H groups in total. The van der Waals surface area contributed by atoms with Gasteiger partial charge in [-0.05, 0) is 38.0 Å². The maximum absolute atomic E-state index is 12.4. The molecule has 0 radical (unpaired) electrons. The number of hydrogen-bond donors (Lipinski definition) is 1. The van der Waals surface area contributed by atoms with Gasteiger partial charge in [0.2, 0.25) is 5.91 Å². The number of rotatable bonds is 3. The number of fused-ring (bicyclic) bond motifs is 1. The lowest BCUT2D eigenvalue weighted by Crippen LogP contribution is -2.52. The topological polar surface area (TPSA) is 64.0 Å². The van der Waals surface area contributed by atoms with Gasteiger partial charge in [0.25, 0.3) is 5.56 Å². The van der Waals surface area contributed by atoms with E-state index in [2.05, 4.69) is 14.9 Å². The summed E-state index contributed by atoms with van der Waals surface area (Å²) in [5, 5.41) is 3.79. The van der Waals surface area contributed by atoms with E-state index in [1.807, 2.05) is 6.20 Å². The van der Waals surface area contributed by atoms with Gasteiger partial charge in [-0.1, -0.05) is 24.6 Å². The van der Waals surface area contributed by atoms with Crippen LogP contribution < -0.4 is 10.9 Å². The van der Waals surface area contributed by atoms with E-state index in [9.17, 15) is 9.59 Å². The van der Waals surface area contributed by atoms with Crippen LogP contribution in [0.4, 0.5) is 0 Å². The van der Waals surface area contributed by atoms with E-state index in [-0.39, 0.29) is 16.7 Å². The zero-order chi connectivity index (χ0) is 15.1. The molecule has 3 unspecified atom stereocenters. The molecule has 1 aromatic rings. The molecule has 4 rings (SSSR count). The Labute approximate surface area is 133 Å². The number of amides is 1. The SMILES string of the molecule is O=C1NC2CCCCC2CC1Sc1nc(=O)ccn1C1CC1. The minimum atomic E-state index is -0.217. The van der Waals surface area contributed by atoms with Gasteiger partial charge in [-0.15, -0.1) is 0 Å². The molecule has 22 heavy (non-hydrogen) atoms. The van der Waals surface area contributed by atoms with Gasteiger partial charge in [0.05, 0.1) is 5.25 Å². The predicted octanol–water partition coefficient (Wildman–Crippen LogP) is 2.12. The van der Waals surface area contributed by atoms with Crippen molar-refractivity contribution < 1.29 is 4.79 Å². The lowest BCUT2D eigenvalue weighted by Gasteiger charge is -2.39. The molecule has 6 heteroatoms. The van der Waals surface area contributed by atoms with Crippen molar-refractivity contribution in [2.24, 2.45) is 5.92 Å². The van der Waals surface area contributed by atoms with Crippen LogP contribution in [0, 0.1) is 5.92 Å². The zero-order valence-corrected chi connectivity index (χ0v) is 13.3. The lowest BCUT2D eigenvalue weighted by atomic mass is 9.79. The monoisotopic (exact) mass is 319 g/mol. The molecular weight excluding hydrogens is 298 g/mol. The fourth-order valence-electron chi connectivity index (χ4n) is 3.68. The third-order valence-corrected chi connectivity index (χ3v) is 6.24. The maximum Gasteiger partial charge on any atom is 0.273 e. The Morgan fingerprint density at radius 2 is 2.00 bits per heavy atom. The van der Waals surface area contributed by atoms with Gasteiger partial charge in [0, 0.05) is 24.3 Å². The van der Waals surface area contributed by atoms with E-state index in [0.29, 0.717) is 23.2 Å². The van der Waals surface area contributed by atoms with Crippen LogP contribution in [0.5, 0.6) is 0 Å². The third kappa shape index (κ3) is 2.81. The average molecular weight is 319 g/mol. The summed E-state index contributed by atoms with van der Waals surface area (Å²) in [7, 11) is 0. The number of piperidine rings is 1. The van der Waals surface area contributed by atoms with Crippen molar-refractivity contribution in [3.63, 3.8) is 0 Å². The van der Waals surface area contributed by atoms with Crippen LogP contribution in [0.15, 0.2) is 22.2 Å². The summed E-state index contributed by atoms with van der Waals surface area (Å²) >= 11 is 1.48. The highest BCUT2D eigenvalue weighted by atomic mass is 32.2. The Morgan fingerprint density at radius 1 is 1.18 bits per heavy atom. The quantitative estimate of drug-likeness (QED) is 0.867. The lowest BCUT2D eigenvalue weighted by molar-refractivity contribution is -0.124. The first-order chi connectivity index (χ1) is 10.7. The normalized spacial score (nSPS) is 31.5. The standard InChI is InChI=1S/C16H21N3O2S/c20-14-7-8-19(11-5-6-11)16(18-14)22-13-9-10-3-1-2-4-12(10)17-15(13)21/h7-8,10-13H,1-6,9H2,(H,17,21). The molecule has 1 aromatic heterocycles. The first-order valence-corrected chi connectivity index (χ1v) is 9.15. The summed E-state index contributed by atoms with van der Waals surface area (Å²) < 4.78 is 2.08. The Kier molecular flexibility index (Phi) is 3.72. The Bertz CT molecular complexity index is 641. The number of nitrogens with one attached hydrogen (secondary N) is 1. The first-order valence-electron chi connectivity index (χ1n) is 8.27. The number of carbonyl (C=O) groups is 1. The largest absolute Gasteiger partial charge is 0.352 e. The average Bonchev–Trinajstić information content (AvgIpc) is 3.33. The van der Waals surface area contributed by atoms with E-state index in [4.69, 9.17) is 0 Å².